The number of nitrogens with zero attached hydrogens (tertiary/aromatic N) is 1. The van der Waals surface area contributed by atoms with E-state index in [4.69, 9.17) is 4.74 Å². The molecule has 1 amide bonds. The summed E-state index contributed by atoms with van der Waals surface area (Å²) in [4.78, 5) is 13.2. The van der Waals surface area contributed by atoms with E-state index in [2.05, 4.69) is 34.5 Å². The Labute approximate surface area is 120 Å². The van der Waals surface area contributed by atoms with Crippen molar-refractivity contribution in [2.75, 3.05) is 26.3 Å². The molecule has 0 bridgehead atoms. The first kappa shape index (κ1) is 16.0. The zero-order valence-corrected chi connectivity index (χ0v) is 12.0. The Balaban J connectivity index is 0.00000180. The second-order valence-electron chi connectivity index (χ2n) is 4.61. The molecule has 0 aromatic heterocycles. The minimum Gasteiger partial charge on any atom is -0.379 e. The average molecular weight is 285 g/mol. The molecule has 1 saturated heterocycles. The second-order valence-corrected chi connectivity index (χ2v) is 4.61. The van der Waals surface area contributed by atoms with Crippen LogP contribution in [0.5, 0.6) is 0 Å². The molecule has 0 saturated carbocycles. The lowest BCUT2D eigenvalue weighted by molar-refractivity contribution is -0.119. The third-order valence-corrected chi connectivity index (χ3v) is 3.07. The van der Waals surface area contributed by atoms with Gasteiger partial charge in [-0.05, 0) is 11.1 Å². The predicted molar refractivity (Wildman–Crippen MR) is 77.3 cm³/mol. The quantitative estimate of drug-likeness (QED) is 0.913. The van der Waals surface area contributed by atoms with Gasteiger partial charge in [0.25, 0.3) is 0 Å². The first-order valence-electron chi connectivity index (χ1n) is 6.36. The molecule has 1 aliphatic rings. The van der Waals surface area contributed by atoms with E-state index in [1.54, 1.807) is 0 Å². The fraction of sp³-hybridized carbons (Fsp3) is 0.500. The van der Waals surface area contributed by atoms with Gasteiger partial charge in [0.15, 0.2) is 0 Å². The number of amides is 1. The Bertz CT molecular complexity index is 389. The van der Waals surface area contributed by atoms with E-state index in [0.717, 1.165) is 38.4 Å². The number of morpholine rings is 1. The predicted octanol–water partition coefficient (Wildman–Crippen LogP) is 1.58. The van der Waals surface area contributed by atoms with E-state index in [1.807, 2.05) is 0 Å². The maximum absolute atomic E-state index is 10.8. The SMILES string of the molecule is CC(=O)NCc1ccc(CN2CCOCC2)cc1.Cl. The van der Waals surface area contributed by atoms with Gasteiger partial charge in [0, 0.05) is 33.1 Å². The van der Waals surface area contributed by atoms with Crippen LogP contribution in [0.4, 0.5) is 0 Å². The van der Waals surface area contributed by atoms with E-state index in [9.17, 15) is 4.79 Å². The van der Waals surface area contributed by atoms with Gasteiger partial charge >= 0.3 is 0 Å². The van der Waals surface area contributed by atoms with Crippen molar-refractivity contribution in [3.05, 3.63) is 35.4 Å². The number of benzene rings is 1. The lowest BCUT2D eigenvalue weighted by Gasteiger charge is -2.26. The monoisotopic (exact) mass is 284 g/mol. The highest BCUT2D eigenvalue weighted by molar-refractivity contribution is 5.85. The van der Waals surface area contributed by atoms with Gasteiger partial charge in [-0.2, -0.15) is 0 Å². The summed E-state index contributed by atoms with van der Waals surface area (Å²) >= 11 is 0. The zero-order valence-electron chi connectivity index (χ0n) is 11.2. The Hall–Kier alpha value is -1.10. The molecule has 1 N–H and O–H groups in total. The molecule has 1 aromatic carbocycles. The summed E-state index contributed by atoms with van der Waals surface area (Å²) in [7, 11) is 0. The lowest BCUT2D eigenvalue weighted by Crippen LogP contribution is -2.35. The number of nitrogens with one attached hydrogen (secondary N) is 1. The molecular formula is C14H21ClN2O2. The second kappa shape index (κ2) is 8.15. The first-order chi connectivity index (χ1) is 8.74. The molecule has 1 aromatic rings. The van der Waals surface area contributed by atoms with Gasteiger partial charge in [-0.3, -0.25) is 9.69 Å². The van der Waals surface area contributed by atoms with Gasteiger partial charge in [-0.1, -0.05) is 24.3 Å². The van der Waals surface area contributed by atoms with Gasteiger partial charge in [0.1, 0.15) is 0 Å². The topological polar surface area (TPSA) is 41.6 Å². The van der Waals surface area contributed by atoms with Crippen LogP contribution in [-0.2, 0) is 22.6 Å². The summed E-state index contributed by atoms with van der Waals surface area (Å²) in [5, 5.41) is 2.80. The van der Waals surface area contributed by atoms with E-state index in [-0.39, 0.29) is 18.3 Å². The third-order valence-electron chi connectivity index (χ3n) is 3.07. The molecule has 0 spiro atoms. The molecule has 19 heavy (non-hydrogen) atoms. The highest BCUT2D eigenvalue weighted by Gasteiger charge is 2.10. The van der Waals surface area contributed by atoms with E-state index in [1.165, 1.54) is 12.5 Å². The molecule has 0 atom stereocenters. The summed E-state index contributed by atoms with van der Waals surface area (Å²) in [5.74, 6) is 0.00685. The van der Waals surface area contributed by atoms with Crippen molar-refractivity contribution in [3.8, 4) is 0 Å². The van der Waals surface area contributed by atoms with Crippen LogP contribution >= 0.6 is 12.4 Å². The van der Waals surface area contributed by atoms with Crippen molar-refractivity contribution in [2.24, 2.45) is 0 Å². The Morgan fingerprint density at radius 1 is 1.21 bits per heavy atom. The summed E-state index contributed by atoms with van der Waals surface area (Å²) in [6.45, 7) is 6.80. The first-order valence-corrected chi connectivity index (χ1v) is 6.36. The maximum Gasteiger partial charge on any atom is 0.217 e. The largest absolute Gasteiger partial charge is 0.379 e. The third kappa shape index (κ3) is 5.59. The van der Waals surface area contributed by atoms with Gasteiger partial charge in [0.05, 0.1) is 13.2 Å². The Morgan fingerprint density at radius 3 is 2.37 bits per heavy atom. The number of ether oxygens (including phenoxy) is 1. The summed E-state index contributed by atoms with van der Waals surface area (Å²) < 4.78 is 5.33. The highest BCUT2D eigenvalue weighted by atomic mass is 35.5. The van der Waals surface area contributed by atoms with E-state index in [0.29, 0.717) is 6.54 Å². The molecular weight excluding hydrogens is 264 g/mol. The number of halogens is 1. The molecule has 1 fully saturated rings. The van der Waals surface area contributed by atoms with Crippen molar-refractivity contribution in [3.63, 3.8) is 0 Å². The fourth-order valence-electron chi connectivity index (χ4n) is 2.01. The minimum atomic E-state index is 0. The van der Waals surface area contributed by atoms with Crippen LogP contribution < -0.4 is 5.32 Å². The fourth-order valence-corrected chi connectivity index (χ4v) is 2.01. The van der Waals surface area contributed by atoms with Crippen molar-refractivity contribution in [2.45, 2.75) is 20.0 Å². The van der Waals surface area contributed by atoms with Gasteiger partial charge in [-0.25, -0.2) is 0 Å². The van der Waals surface area contributed by atoms with Crippen LogP contribution in [0.15, 0.2) is 24.3 Å². The number of rotatable bonds is 4. The van der Waals surface area contributed by atoms with Gasteiger partial charge < -0.3 is 10.1 Å². The number of carbonyl (C=O) groups excluding carboxylic acids is 1. The molecule has 1 aliphatic heterocycles. The van der Waals surface area contributed by atoms with E-state index < -0.39 is 0 Å². The molecule has 2 rings (SSSR count). The van der Waals surface area contributed by atoms with Crippen molar-refractivity contribution in [1.82, 2.24) is 10.2 Å². The van der Waals surface area contributed by atoms with E-state index >= 15 is 0 Å². The standard InChI is InChI=1S/C14H20N2O2.ClH/c1-12(17)15-10-13-2-4-14(5-3-13)11-16-6-8-18-9-7-16;/h2-5H,6-11H2,1H3,(H,15,17);1H. The summed E-state index contributed by atoms with van der Waals surface area (Å²) in [6, 6.07) is 8.41. The molecule has 106 valence electrons. The van der Waals surface area contributed by atoms with Crippen LogP contribution in [0, 0.1) is 0 Å². The molecule has 4 nitrogen and oxygen atoms in total. The van der Waals surface area contributed by atoms with Crippen LogP contribution in [0.25, 0.3) is 0 Å². The number of carbonyl (C=O) groups is 1. The Morgan fingerprint density at radius 2 is 1.79 bits per heavy atom. The maximum atomic E-state index is 10.8. The van der Waals surface area contributed by atoms with Crippen LogP contribution in [0.1, 0.15) is 18.1 Å². The van der Waals surface area contributed by atoms with Crippen molar-refractivity contribution >= 4 is 18.3 Å². The molecule has 0 unspecified atom stereocenters. The smallest absolute Gasteiger partial charge is 0.217 e. The van der Waals surface area contributed by atoms with Crippen LogP contribution in [-0.4, -0.2) is 37.1 Å². The van der Waals surface area contributed by atoms with Crippen molar-refractivity contribution < 1.29 is 9.53 Å². The van der Waals surface area contributed by atoms with Crippen LogP contribution in [0.2, 0.25) is 0 Å². The zero-order chi connectivity index (χ0) is 12.8. The lowest BCUT2D eigenvalue weighted by atomic mass is 10.1. The Kier molecular flexibility index (Phi) is 6.84. The number of hydrogen-bond donors (Lipinski definition) is 1. The highest BCUT2D eigenvalue weighted by Crippen LogP contribution is 2.09. The summed E-state index contributed by atoms with van der Waals surface area (Å²) in [5.41, 5.74) is 2.44. The van der Waals surface area contributed by atoms with Crippen LogP contribution in [0.3, 0.4) is 0 Å². The molecule has 5 heteroatoms. The van der Waals surface area contributed by atoms with Gasteiger partial charge in [-0.15, -0.1) is 12.4 Å². The number of hydrogen-bond acceptors (Lipinski definition) is 3. The minimum absolute atomic E-state index is 0. The summed E-state index contributed by atoms with van der Waals surface area (Å²) in [6.07, 6.45) is 0. The normalized spacial score (nSPS) is 15.6. The molecule has 1 heterocycles. The average Bonchev–Trinajstić information content (AvgIpc) is 2.39. The van der Waals surface area contributed by atoms with Crippen molar-refractivity contribution in [1.29, 1.82) is 0 Å². The van der Waals surface area contributed by atoms with Gasteiger partial charge in [0.2, 0.25) is 5.91 Å². The molecule has 0 aliphatic carbocycles. The molecule has 0 radical (unpaired) electrons.